The van der Waals surface area contributed by atoms with E-state index in [0.29, 0.717) is 6.07 Å². The second-order valence-electron chi connectivity index (χ2n) is 2.70. The Morgan fingerprint density at radius 1 is 1.56 bits per heavy atom. The molecule has 1 aromatic rings. The number of nitrogen functional groups attached to an aromatic ring is 1. The van der Waals surface area contributed by atoms with Gasteiger partial charge in [-0.3, -0.25) is 0 Å². The smallest absolute Gasteiger partial charge is 0.419 e. The molecule has 0 unspecified atom stereocenters. The number of hydrogen-bond acceptors (Lipinski definition) is 3. The second-order valence-corrected chi connectivity index (χ2v) is 3.11. The maximum Gasteiger partial charge on any atom is 0.419 e. The Labute approximate surface area is 94.4 Å². The van der Waals surface area contributed by atoms with E-state index in [-0.39, 0.29) is 17.5 Å². The average Bonchev–Trinajstić information content (AvgIpc) is 2.17. The molecular weight excluding hydrogens is 245 g/mol. The SMILES string of the molecule is C#CCOc1nc(N)c(C(F)(F)F)cc1Cl. The van der Waals surface area contributed by atoms with E-state index in [1.165, 1.54) is 0 Å². The van der Waals surface area contributed by atoms with E-state index in [4.69, 9.17) is 28.5 Å². The van der Waals surface area contributed by atoms with E-state index in [1.54, 1.807) is 0 Å². The molecule has 1 aromatic heterocycles. The monoisotopic (exact) mass is 250 g/mol. The maximum absolute atomic E-state index is 12.4. The molecule has 0 saturated heterocycles. The van der Waals surface area contributed by atoms with E-state index in [0.717, 1.165) is 0 Å². The number of anilines is 1. The molecule has 3 nitrogen and oxygen atoms in total. The van der Waals surface area contributed by atoms with Gasteiger partial charge >= 0.3 is 6.18 Å². The number of terminal acetylenes is 1. The number of halogens is 4. The summed E-state index contributed by atoms with van der Waals surface area (Å²) in [6, 6.07) is 0.649. The minimum Gasteiger partial charge on any atom is -0.463 e. The van der Waals surface area contributed by atoms with Crippen LogP contribution >= 0.6 is 11.6 Å². The first kappa shape index (κ1) is 12.5. The zero-order valence-corrected chi connectivity index (χ0v) is 8.56. The first-order chi connectivity index (χ1) is 7.36. The normalized spacial score (nSPS) is 10.9. The molecule has 0 aliphatic heterocycles. The van der Waals surface area contributed by atoms with E-state index < -0.39 is 17.6 Å². The molecule has 0 saturated carbocycles. The fourth-order valence-electron chi connectivity index (χ4n) is 0.924. The molecule has 86 valence electrons. The van der Waals surface area contributed by atoms with Crippen LogP contribution in [0.5, 0.6) is 5.88 Å². The zero-order chi connectivity index (χ0) is 12.3. The van der Waals surface area contributed by atoms with Gasteiger partial charge < -0.3 is 10.5 Å². The van der Waals surface area contributed by atoms with Crippen LogP contribution in [-0.4, -0.2) is 11.6 Å². The Bertz CT molecular complexity index is 440. The Balaban J connectivity index is 3.13. The van der Waals surface area contributed by atoms with Gasteiger partial charge in [0.1, 0.15) is 10.8 Å². The van der Waals surface area contributed by atoms with Gasteiger partial charge in [0, 0.05) is 0 Å². The highest BCUT2D eigenvalue weighted by Gasteiger charge is 2.34. The minimum absolute atomic E-state index is 0.155. The molecule has 0 atom stereocenters. The van der Waals surface area contributed by atoms with Crippen LogP contribution in [0.15, 0.2) is 6.07 Å². The molecule has 0 aromatic carbocycles. The molecule has 16 heavy (non-hydrogen) atoms. The maximum atomic E-state index is 12.4. The molecule has 0 fully saturated rings. The first-order valence-corrected chi connectivity index (χ1v) is 4.33. The lowest BCUT2D eigenvalue weighted by Crippen LogP contribution is -2.11. The Morgan fingerprint density at radius 3 is 2.69 bits per heavy atom. The molecule has 0 aliphatic rings. The van der Waals surface area contributed by atoms with E-state index in [9.17, 15) is 13.2 Å². The van der Waals surface area contributed by atoms with Crippen LogP contribution < -0.4 is 10.5 Å². The molecule has 1 rings (SSSR count). The van der Waals surface area contributed by atoms with E-state index in [1.807, 2.05) is 0 Å². The van der Waals surface area contributed by atoms with Gasteiger partial charge in [-0.2, -0.15) is 18.2 Å². The lowest BCUT2D eigenvalue weighted by molar-refractivity contribution is -0.137. The number of nitrogens with zero attached hydrogens (tertiary/aromatic N) is 1. The molecule has 7 heteroatoms. The number of hydrogen-bond donors (Lipinski definition) is 1. The molecule has 0 spiro atoms. The van der Waals surface area contributed by atoms with Crippen LogP contribution in [0.25, 0.3) is 0 Å². The first-order valence-electron chi connectivity index (χ1n) is 3.95. The molecular formula is C9H6ClF3N2O. The molecule has 0 amide bonds. The summed E-state index contributed by atoms with van der Waals surface area (Å²) in [6.45, 7) is -0.155. The van der Waals surface area contributed by atoms with Gasteiger partial charge in [-0.1, -0.05) is 17.5 Å². The van der Waals surface area contributed by atoms with Crippen molar-refractivity contribution >= 4 is 17.4 Å². The lowest BCUT2D eigenvalue weighted by Gasteiger charge is -2.11. The summed E-state index contributed by atoms with van der Waals surface area (Å²) in [5.74, 6) is 1.20. The van der Waals surface area contributed by atoms with Gasteiger partial charge in [-0.15, -0.1) is 6.42 Å². The van der Waals surface area contributed by atoms with Gasteiger partial charge in [0.05, 0.1) is 5.56 Å². The lowest BCUT2D eigenvalue weighted by atomic mass is 10.2. The van der Waals surface area contributed by atoms with Gasteiger partial charge in [0.2, 0.25) is 5.88 Å². The van der Waals surface area contributed by atoms with Gasteiger partial charge in [0.25, 0.3) is 0 Å². The van der Waals surface area contributed by atoms with Crippen molar-refractivity contribution in [3.05, 3.63) is 16.7 Å². The Hall–Kier alpha value is -1.61. The van der Waals surface area contributed by atoms with Crippen molar-refractivity contribution in [1.29, 1.82) is 0 Å². The largest absolute Gasteiger partial charge is 0.463 e. The van der Waals surface area contributed by atoms with Crippen molar-refractivity contribution in [1.82, 2.24) is 4.98 Å². The van der Waals surface area contributed by atoms with Gasteiger partial charge in [-0.25, -0.2) is 0 Å². The fourth-order valence-corrected chi connectivity index (χ4v) is 1.13. The quantitative estimate of drug-likeness (QED) is 0.820. The third-order valence-corrected chi connectivity index (χ3v) is 1.84. The van der Waals surface area contributed by atoms with Crippen LogP contribution in [0.4, 0.5) is 19.0 Å². The van der Waals surface area contributed by atoms with Crippen LogP contribution in [-0.2, 0) is 6.18 Å². The summed E-state index contributed by atoms with van der Waals surface area (Å²) in [5.41, 5.74) is 4.02. The molecule has 0 aliphatic carbocycles. The zero-order valence-electron chi connectivity index (χ0n) is 7.81. The summed E-state index contributed by atoms with van der Waals surface area (Å²) >= 11 is 5.53. The number of rotatable bonds is 2. The summed E-state index contributed by atoms with van der Waals surface area (Å²) < 4.78 is 41.9. The number of ether oxygens (including phenoxy) is 1. The van der Waals surface area contributed by atoms with Gasteiger partial charge in [0.15, 0.2) is 6.61 Å². The highest BCUT2D eigenvalue weighted by molar-refractivity contribution is 6.32. The predicted molar refractivity (Wildman–Crippen MR) is 53.0 cm³/mol. The van der Waals surface area contributed by atoms with Crippen molar-refractivity contribution in [3.8, 4) is 18.2 Å². The third-order valence-electron chi connectivity index (χ3n) is 1.57. The summed E-state index contributed by atoms with van der Waals surface area (Å²) in [6.07, 6.45) is 0.301. The highest BCUT2D eigenvalue weighted by Crippen LogP contribution is 2.36. The predicted octanol–water partition coefficient (Wildman–Crippen LogP) is 2.35. The Kier molecular flexibility index (Phi) is 3.50. The highest BCUT2D eigenvalue weighted by atomic mass is 35.5. The number of alkyl halides is 3. The standard InChI is InChI=1S/C9H6ClF3N2O/c1-2-3-16-8-6(10)4-5(7(14)15-8)9(11,12)13/h1,4H,3H2,(H2,14,15). The van der Waals surface area contributed by atoms with E-state index >= 15 is 0 Å². The van der Waals surface area contributed by atoms with Gasteiger partial charge in [-0.05, 0) is 6.07 Å². The van der Waals surface area contributed by atoms with Crippen LogP contribution in [0.3, 0.4) is 0 Å². The van der Waals surface area contributed by atoms with Crippen molar-refractivity contribution in [3.63, 3.8) is 0 Å². The molecule has 2 N–H and O–H groups in total. The van der Waals surface area contributed by atoms with Crippen molar-refractivity contribution in [2.75, 3.05) is 12.3 Å². The fraction of sp³-hybridized carbons (Fsp3) is 0.222. The molecule has 1 heterocycles. The number of nitrogens with two attached hydrogens (primary N) is 1. The third kappa shape index (κ3) is 2.70. The molecule has 0 radical (unpaired) electrons. The molecule has 0 bridgehead atoms. The summed E-state index contributed by atoms with van der Waals surface area (Å²) in [5, 5.41) is -0.295. The van der Waals surface area contributed by atoms with Crippen LogP contribution in [0, 0.1) is 12.3 Å². The number of pyridine rings is 1. The summed E-state index contributed by atoms with van der Waals surface area (Å²) in [4.78, 5) is 3.38. The second kappa shape index (κ2) is 4.49. The summed E-state index contributed by atoms with van der Waals surface area (Å²) in [7, 11) is 0. The number of aromatic nitrogens is 1. The van der Waals surface area contributed by atoms with Crippen LogP contribution in [0.2, 0.25) is 5.02 Å². The topological polar surface area (TPSA) is 48.1 Å². The average molecular weight is 251 g/mol. The van der Waals surface area contributed by atoms with Crippen molar-refractivity contribution in [2.45, 2.75) is 6.18 Å². The van der Waals surface area contributed by atoms with Crippen LogP contribution in [0.1, 0.15) is 5.56 Å². The van der Waals surface area contributed by atoms with Crippen molar-refractivity contribution < 1.29 is 17.9 Å². The minimum atomic E-state index is -4.61. The van der Waals surface area contributed by atoms with E-state index in [2.05, 4.69) is 10.9 Å². The Morgan fingerprint density at radius 2 is 2.19 bits per heavy atom. The van der Waals surface area contributed by atoms with Crippen molar-refractivity contribution in [2.24, 2.45) is 0 Å².